The molecule has 1 aromatic carbocycles. The lowest BCUT2D eigenvalue weighted by Gasteiger charge is -2.31. The van der Waals surface area contributed by atoms with E-state index in [1.165, 1.54) is 0 Å². The molecule has 1 fully saturated rings. The topological polar surface area (TPSA) is 58.6 Å². The fourth-order valence-corrected chi connectivity index (χ4v) is 3.54. The SMILES string of the molecule is CC1CC(C(=O)NCC(O)c2c(Cl)cccc2Cl)CC(C)O1. The maximum atomic E-state index is 12.3. The Kier molecular flexibility index (Phi) is 6.09. The Morgan fingerprint density at radius 3 is 2.41 bits per heavy atom. The van der Waals surface area contributed by atoms with E-state index in [1.54, 1.807) is 18.2 Å². The van der Waals surface area contributed by atoms with Crippen molar-refractivity contribution in [2.45, 2.75) is 45.0 Å². The molecule has 1 heterocycles. The van der Waals surface area contributed by atoms with Crippen LogP contribution in [0.2, 0.25) is 10.0 Å². The van der Waals surface area contributed by atoms with Crippen LogP contribution >= 0.6 is 23.2 Å². The number of amides is 1. The van der Waals surface area contributed by atoms with Gasteiger partial charge in [0.05, 0.1) is 18.3 Å². The lowest BCUT2D eigenvalue weighted by molar-refractivity contribution is -0.133. The first-order chi connectivity index (χ1) is 10.4. The lowest BCUT2D eigenvalue weighted by Crippen LogP contribution is -2.40. The van der Waals surface area contributed by atoms with Crippen LogP contribution in [0.4, 0.5) is 0 Å². The van der Waals surface area contributed by atoms with E-state index in [2.05, 4.69) is 5.32 Å². The summed E-state index contributed by atoms with van der Waals surface area (Å²) < 4.78 is 5.63. The highest BCUT2D eigenvalue weighted by atomic mass is 35.5. The molecule has 0 aliphatic carbocycles. The Labute approximate surface area is 140 Å². The van der Waals surface area contributed by atoms with Crippen LogP contribution in [0.3, 0.4) is 0 Å². The number of aliphatic hydroxyl groups excluding tert-OH is 1. The smallest absolute Gasteiger partial charge is 0.223 e. The fraction of sp³-hybridized carbons (Fsp3) is 0.562. The van der Waals surface area contributed by atoms with Crippen LogP contribution in [0.25, 0.3) is 0 Å². The number of nitrogens with one attached hydrogen (secondary N) is 1. The molecule has 2 rings (SSSR count). The molecule has 6 heteroatoms. The highest BCUT2D eigenvalue weighted by Gasteiger charge is 2.29. The van der Waals surface area contributed by atoms with Crippen molar-refractivity contribution in [3.8, 4) is 0 Å². The fourth-order valence-electron chi connectivity index (χ4n) is 2.89. The van der Waals surface area contributed by atoms with Gasteiger partial charge in [-0.05, 0) is 38.8 Å². The van der Waals surface area contributed by atoms with E-state index in [0.29, 0.717) is 28.5 Å². The van der Waals surface area contributed by atoms with Gasteiger partial charge in [-0.3, -0.25) is 4.79 Å². The molecule has 1 aliphatic heterocycles. The number of rotatable bonds is 4. The zero-order valence-electron chi connectivity index (χ0n) is 12.7. The van der Waals surface area contributed by atoms with Gasteiger partial charge in [0.1, 0.15) is 0 Å². The van der Waals surface area contributed by atoms with Crippen LogP contribution in [0, 0.1) is 5.92 Å². The summed E-state index contributed by atoms with van der Waals surface area (Å²) in [7, 11) is 0. The van der Waals surface area contributed by atoms with Crippen LogP contribution in [0.5, 0.6) is 0 Å². The van der Waals surface area contributed by atoms with Crippen molar-refractivity contribution in [1.29, 1.82) is 0 Å². The predicted octanol–water partition coefficient (Wildman–Crippen LogP) is 3.35. The molecule has 0 radical (unpaired) electrons. The molecule has 0 spiro atoms. The maximum Gasteiger partial charge on any atom is 0.223 e. The average Bonchev–Trinajstić information content (AvgIpc) is 2.43. The molecule has 1 amide bonds. The van der Waals surface area contributed by atoms with E-state index < -0.39 is 6.10 Å². The van der Waals surface area contributed by atoms with Crippen molar-refractivity contribution in [2.24, 2.45) is 5.92 Å². The Balaban J connectivity index is 1.93. The minimum atomic E-state index is -0.931. The Hall–Kier alpha value is -0.810. The molecule has 1 saturated heterocycles. The van der Waals surface area contributed by atoms with E-state index in [0.717, 1.165) is 0 Å². The monoisotopic (exact) mass is 345 g/mol. The minimum Gasteiger partial charge on any atom is -0.386 e. The number of ether oxygens (including phenoxy) is 1. The summed E-state index contributed by atoms with van der Waals surface area (Å²) in [5.74, 6) is -0.156. The third-order valence-corrected chi connectivity index (χ3v) is 4.53. The molecular formula is C16H21Cl2NO3. The Morgan fingerprint density at radius 2 is 1.86 bits per heavy atom. The summed E-state index contributed by atoms with van der Waals surface area (Å²) in [6, 6.07) is 5.04. The maximum absolute atomic E-state index is 12.3. The summed E-state index contributed by atoms with van der Waals surface area (Å²) in [6.45, 7) is 4.02. The summed E-state index contributed by atoms with van der Waals surface area (Å²) in [6.07, 6.45) is 0.600. The molecular weight excluding hydrogens is 325 g/mol. The second-order valence-electron chi connectivity index (χ2n) is 5.82. The third-order valence-electron chi connectivity index (χ3n) is 3.87. The normalized spacial score (nSPS) is 26.5. The average molecular weight is 346 g/mol. The molecule has 22 heavy (non-hydrogen) atoms. The number of hydrogen-bond donors (Lipinski definition) is 2. The minimum absolute atomic E-state index is 0.0655. The van der Waals surface area contributed by atoms with E-state index >= 15 is 0 Å². The number of hydrogen-bond acceptors (Lipinski definition) is 3. The summed E-state index contributed by atoms with van der Waals surface area (Å²) in [5.41, 5.74) is 0.444. The first kappa shape index (κ1) is 17.5. The molecule has 122 valence electrons. The largest absolute Gasteiger partial charge is 0.386 e. The molecule has 0 saturated carbocycles. The van der Waals surface area contributed by atoms with E-state index in [1.807, 2.05) is 13.8 Å². The van der Waals surface area contributed by atoms with Gasteiger partial charge in [0, 0.05) is 28.1 Å². The molecule has 0 aromatic heterocycles. The highest BCUT2D eigenvalue weighted by molar-refractivity contribution is 6.36. The van der Waals surface area contributed by atoms with Crippen molar-refractivity contribution < 1.29 is 14.6 Å². The molecule has 1 aromatic rings. The van der Waals surface area contributed by atoms with Crippen molar-refractivity contribution >= 4 is 29.1 Å². The summed E-state index contributed by atoms with van der Waals surface area (Å²) in [5, 5.41) is 13.8. The van der Waals surface area contributed by atoms with Crippen molar-refractivity contribution in [1.82, 2.24) is 5.32 Å². The van der Waals surface area contributed by atoms with Gasteiger partial charge < -0.3 is 15.2 Å². The van der Waals surface area contributed by atoms with E-state index in [-0.39, 0.29) is 30.6 Å². The molecule has 2 N–H and O–H groups in total. The van der Waals surface area contributed by atoms with Crippen molar-refractivity contribution in [3.05, 3.63) is 33.8 Å². The molecule has 3 atom stereocenters. The van der Waals surface area contributed by atoms with E-state index in [4.69, 9.17) is 27.9 Å². The van der Waals surface area contributed by atoms with Gasteiger partial charge in [0.15, 0.2) is 0 Å². The Morgan fingerprint density at radius 1 is 1.32 bits per heavy atom. The van der Waals surface area contributed by atoms with Gasteiger partial charge in [0.25, 0.3) is 0 Å². The van der Waals surface area contributed by atoms with Gasteiger partial charge in [-0.25, -0.2) is 0 Å². The number of benzene rings is 1. The van der Waals surface area contributed by atoms with Gasteiger partial charge in [0.2, 0.25) is 5.91 Å². The second-order valence-corrected chi connectivity index (χ2v) is 6.64. The zero-order valence-corrected chi connectivity index (χ0v) is 14.2. The molecule has 0 bridgehead atoms. The van der Waals surface area contributed by atoms with Crippen LogP contribution in [0.15, 0.2) is 18.2 Å². The molecule has 1 aliphatic rings. The number of aliphatic hydroxyl groups is 1. The molecule has 3 unspecified atom stereocenters. The van der Waals surface area contributed by atoms with Crippen molar-refractivity contribution in [3.63, 3.8) is 0 Å². The van der Waals surface area contributed by atoms with Gasteiger partial charge in [-0.15, -0.1) is 0 Å². The standard InChI is InChI=1S/C16H21Cl2NO3/c1-9-6-11(7-10(2)22-9)16(21)19-8-14(20)15-12(17)4-3-5-13(15)18/h3-5,9-11,14,20H,6-8H2,1-2H3,(H,19,21). The van der Waals surface area contributed by atoms with Crippen molar-refractivity contribution in [2.75, 3.05) is 6.54 Å². The van der Waals surface area contributed by atoms with Crippen LogP contribution in [-0.4, -0.2) is 29.8 Å². The predicted molar refractivity (Wildman–Crippen MR) is 87.2 cm³/mol. The van der Waals surface area contributed by atoms with Crippen LogP contribution < -0.4 is 5.32 Å². The first-order valence-electron chi connectivity index (χ1n) is 7.43. The summed E-state index contributed by atoms with van der Waals surface area (Å²) >= 11 is 12.1. The van der Waals surface area contributed by atoms with Gasteiger partial charge >= 0.3 is 0 Å². The van der Waals surface area contributed by atoms with E-state index in [9.17, 15) is 9.90 Å². The third kappa shape index (κ3) is 4.35. The number of carbonyl (C=O) groups excluding carboxylic acids is 1. The van der Waals surface area contributed by atoms with Gasteiger partial charge in [-0.2, -0.15) is 0 Å². The zero-order chi connectivity index (χ0) is 16.3. The lowest BCUT2D eigenvalue weighted by atomic mass is 9.92. The summed E-state index contributed by atoms with van der Waals surface area (Å²) in [4.78, 5) is 12.3. The highest BCUT2D eigenvalue weighted by Crippen LogP contribution is 2.30. The van der Waals surface area contributed by atoms with Crippen LogP contribution in [-0.2, 0) is 9.53 Å². The number of carbonyl (C=O) groups is 1. The molecule has 4 nitrogen and oxygen atoms in total. The number of halogens is 2. The second kappa shape index (κ2) is 7.64. The van der Waals surface area contributed by atoms with Crippen LogP contribution in [0.1, 0.15) is 38.4 Å². The first-order valence-corrected chi connectivity index (χ1v) is 8.19. The quantitative estimate of drug-likeness (QED) is 0.879. The Bertz CT molecular complexity index is 508. The van der Waals surface area contributed by atoms with Gasteiger partial charge in [-0.1, -0.05) is 29.3 Å².